The molecule has 0 atom stereocenters. The number of hydrogen-bond acceptors (Lipinski definition) is 4. The summed E-state index contributed by atoms with van der Waals surface area (Å²) >= 11 is 6.07. The maximum absolute atomic E-state index is 14.0. The van der Waals surface area contributed by atoms with Crippen LogP contribution in [0.15, 0.2) is 66.7 Å². The van der Waals surface area contributed by atoms with Gasteiger partial charge in [-0.25, -0.2) is 9.18 Å². The Hall–Kier alpha value is -3.05. The molecule has 0 aromatic heterocycles. The SMILES string of the molecule is CCOC(=O)c1ccc(NCc2ccccc2OCc2c(F)cccc2Cl)cc1. The highest BCUT2D eigenvalue weighted by molar-refractivity contribution is 6.31. The molecule has 0 saturated carbocycles. The number of anilines is 1. The molecule has 1 N–H and O–H groups in total. The van der Waals surface area contributed by atoms with Gasteiger partial charge in [0.1, 0.15) is 18.2 Å². The van der Waals surface area contributed by atoms with Crippen molar-refractivity contribution < 1.29 is 18.7 Å². The number of esters is 1. The van der Waals surface area contributed by atoms with E-state index in [0.29, 0.717) is 35.1 Å². The second-order valence-corrected chi connectivity index (χ2v) is 6.66. The molecule has 0 saturated heterocycles. The lowest BCUT2D eigenvalue weighted by molar-refractivity contribution is 0.0526. The van der Waals surface area contributed by atoms with Gasteiger partial charge in [-0.15, -0.1) is 0 Å². The number of benzene rings is 3. The molecular formula is C23H21ClFNO3. The number of rotatable bonds is 8. The third-order valence-corrected chi connectivity index (χ3v) is 4.64. The zero-order chi connectivity index (χ0) is 20.6. The first-order valence-corrected chi connectivity index (χ1v) is 9.61. The van der Waals surface area contributed by atoms with Crippen LogP contribution in [0.5, 0.6) is 5.75 Å². The minimum Gasteiger partial charge on any atom is -0.488 e. The Balaban J connectivity index is 1.64. The average Bonchev–Trinajstić information content (AvgIpc) is 2.73. The molecule has 29 heavy (non-hydrogen) atoms. The van der Waals surface area contributed by atoms with Gasteiger partial charge in [-0.3, -0.25) is 0 Å². The van der Waals surface area contributed by atoms with Gasteiger partial charge in [0, 0.05) is 23.4 Å². The lowest BCUT2D eigenvalue weighted by atomic mass is 10.1. The summed E-state index contributed by atoms with van der Waals surface area (Å²) in [5, 5.41) is 3.62. The van der Waals surface area contributed by atoms with Gasteiger partial charge in [0.25, 0.3) is 0 Å². The minimum absolute atomic E-state index is 0.0384. The standard InChI is InChI=1S/C23H21ClFNO3/c1-2-28-23(27)16-10-12-18(13-11-16)26-14-17-6-3-4-9-22(17)29-15-19-20(24)7-5-8-21(19)25/h3-13,26H,2,14-15H2,1H3. The summed E-state index contributed by atoms with van der Waals surface area (Å²) in [4.78, 5) is 11.7. The lowest BCUT2D eigenvalue weighted by Crippen LogP contribution is -2.06. The lowest BCUT2D eigenvalue weighted by Gasteiger charge is -2.14. The van der Waals surface area contributed by atoms with Gasteiger partial charge in [-0.2, -0.15) is 0 Å². The minimum atomic E-state index is -0.394. The van der Waals surface area contributed by atoms with E-state index >= 15 is 0 Å². The van der Waals surface area contributed by atoms with Crippen LogP contribution in [0, 0.1) is 5.82 Å². The van der Waals surface area contributed by atoms with Crippen LogP contribution in [0.3, 0.4) is 0 Å². The zero-order valence-electron chi connectivity index (χ0n) is 16.0. The van der Waals surface area contributed by atoms with E-state index in [0.717, 1.165) is 11.3 Å². The summed E-state index contributed by atoms with van der Waals surface area (Å²) < 4.78 is 24.8. The maximum Gasteiger partial charge on any atom is 0.338 e. The van der Waals surface area contributed by atoms with Crippen LogP contribution in [0.1, 0.15) is 28.4 Å². The van der Waals surface area contributed by atoms with Crippen molar-refractivity contribution in [2.24, 2.45) is 0 Å². The molecule has 0 aliphatic carbocycles. The number of para-hydroxylation sites is 1. The topological polar surface area (TPSA) is 47.6 Å². The Morgan fingerprint density at radius 1 is 1.03 bits per heavy atom. The van der Waals surface area contributed by atoms with Crippen molar-refractivity contribution in [3.8, 4) is 5.75 Å². The molecule has 3 aromatic carbocycles. The van der Waals surface area contributed by atoms with Crippen molar-refractivity contribution in [1.82, 2.24) is 0 Å². The van der Waals surface area contributed by atoms with Gasteiger partial charge in [-0.1, -0.05) is 35.9 Å². The Morgan fingerprint density at radius 3 is 2.52 bits per heavy atom. The predicted octanol–water partition coefficient (Wildman–Crippen LogP) is 5.85. The van der Waals surface area contributed by atoms with Gasteiger partial charge in [0.05, 0.1) is 17.2 Å². The third kappa shape index (κ3) is 5.48. The zero-order valence-corrected chi connectivity index (χ0v) is 16.7. The Kier molecular flexibility index (Phi) is 7.09. The molecule has 0 heterocycles. The maximum atomic E-state index is 14.0. The van der Waals surface area contributed by atoms with Crippen molar-refractivity contribution in [3.05, 3.63) is 94.3 Å². The molecule has 150 valence electrons. The number of halogens is 2. The van der Waals surface area contributed by atoms with E-state index < -0.39 is 5.82 Å². The number of carbonyl (C=O) groups is 1. The number of ether oxygens (including phenoxy) is 2. The van der Waals surface area contributed by atoms with Crippen LogP contribution < -0.4 is 10.1 Å². The molecule has 0 unspecified atom stereocenters. The summed E-state index contributed by atoms with van der Waals surface area (Å²) in [6, 6.07) is 19.1. The summed E-state index contributed by atoms with van der Waals surface area (Å²) in [6.07, 6.45) is 0. The number of nitrogens with one attached hydrogen (secondary N) is 1. The van der Waals surface area contributed by atoms with Crippen molar-refractivity contribution in [2.45, 2.75) is 20.1 Å². The van der Waals surface area contributed by atoms with Gasteiger partial charge >= 0.3 is 5.97 Å². The molecule has 0 spiro atoms. The van der Waals surface area contributed by atoms with E-state index in [1.165, 1.54) is 6.07 Å². The molecule has 3 aromatic rings. The van der Waals surface area contributed by atoms with E-state index in [2.05, 4.69) is 5.32 Å². The van der Waals surface area contributed by atoms with Crippen LogP contribution in [0.25, 0.3) is 0 Å². The van der Waals surface area contributed by atoms with Gasteiger partial charge < -0.3 is 14.8 Å². The fourth-order valence-corrected chi connectivity index (χ4v) is 2.96. The third-order valence-electron chi connectivity index (χ3n) is 4.29. The van der Waals surface area contributed by atoms with Crippen molar-refractivity contribution in [1.29, 1.82) is 0 Å². The molecule has 0 aliphatic rings. The highest BCUT2D eigenvalue weighted by Crippen LogP contribution is 2.24. The second kappa shape index (κ2) is 9.94. The summed E-state index contributed by atoms with van der Waals surface area (Å²) in [6.45, 7) is 2.65. The number of hydrogen-bond donors (Lipinski definition) is 1. The first kappa shape index (κ1) is 20.7. The Labute approximate surface area is 174 Å². The molecule has 0 fully saturated rings. The summed E-state index contributed by atoms with van der Waals surface area (Å²) in [7, 11) is 0. The highest BCUT2D eigenvalue weighted by Gasteiger charge is 2.10. The smallest absolute Gasteiger partial charge is 0.338 e. The first-order valence-electron chi connectivity index (χ1n) is 9.23. The first-order chi connectivity index (χ1) is 14.1. The summed E-state index contributed by atoms with van der Waals surface area (Å²) in [5.74, 6) is -0.0955. The molecule has 0 radical (unpaired) electrons. The van der Waals surface area contributed by atoms with Crippen LogP contribution in [-0.2, 0) is 17.9 Å². The highest BCUT2D eigenvalue weighted by atomic mass is 35.5. The fourth-order valence-electron chi connectivity index (χ4n) is 2.75. The average molecular weight is 414 g/mol. The largest absolute Gasteiger partial charge is 0.488 e. The van der Waals surface area contributed by atoms with Crippen LogP contribution in [-0.4, -0.2) is 12.6 Å². The van der Waals surface area contributed by atoms with Gasteiger partial charge in [0.2, 0.25) is 0 Å². The predicted molar refractivity (Wildman–Crippen MR) is 112 cm³/mol. The summed E-state index contributed by atoms with van der Waals surface area (Å²) in [5.41, 5.74) is 2.59. The van der Waals surface area contributed by atoms with E-state index in [1.807, 2.05) is 36.4 Å². The normalized spacial score (nSPS) is 10.4. The quantitative estimate of drug-likeness (QED) is 0.471. The van der Waals surface area contributed by atoms with Crippen molar-refractivity contribution >= 4 is 23.3 Å². The number of carbonyl (C=O) groups excluding carboxylic acids is 1. The molecule has 4 nitrogen and oxygen atoms in total. The molecule has 0 aliphatic heterocycles. The van der Waals surface area contributed by atoms with Crippen LogP contribution in [0.4, 0.5) is 10.1 Å². The molecule has 3 rings (SSSR count). The van der Waals surface area contributed by atoms with Crippen LogP contribution in [0.2, 0.25) is 5.02 Å². The van der Waals surface area contributed by atoms with Gasteiger partial charge in [-0.05, 0) is 49.4 Å². The molecular weight excluding hydrogens is 393 g/mol. The van der Waals surface area contributed by atoms with Crippen molar-refractivity contribution in [2.75, 3.05) is 11.9 Å². The van der Waals surface area contributed by atoms with Crippen molar-refractivity contribution in [3.63, 3.8) is 0 Å². The Bertz CT molecular complexity index is 956. The van der Waals surface area contributed by atoms with Gasteiger partial charge in [0.15, 0.2) is 0 Å². The molecule has 6 heteroatoms. The van der Waals surface area contributed by atoms with E-state index in [4.69, 9.17) is 21.1 Å². The fraction of sp³-hybridized carbons (Fsp3) is 0.174. The monoisotopic (exact) mass is 413 g/mol. The molecule has 0 amide bonds. The second-order valence-electron chi connectivity index (χ2n) is 6.25. The van der Waals surface area contributed by atoms with E-state index in [-0.39, 0.29) is 12.6 Å². The van der Waals surface area contributed by atoms with Crippen LogP contribution >= 0.6 is 11.6 Å². The van der Waals surface area contributed by atoms with E-state index in [9.17, 15) is 9.18 Å². The Morgan fingerprint density at radius 2 is 1.79 bits per heavy atom. The van der Waals surface area contributed by atoms with E-state index in [1.54, 1.807) is 31.2 Å². The molecule has 0 bridgehead atoms.